The average Bonchev–Trinajstić information content (AvgIpc) is 2.55. The summed E-state index contributed by atoms with van der Waals surface area (Å²) in [6, 6.07) is 10.6. The zero-order chi connectivity index (χ0) is 16.8. The minimum atomic E-state index is -0.795. The van der Waals surface area contributed by atoms with Crippen molar-refractivity contribution < 1.29 is 23.6 Å². The average molecular weight is 321 g/mol. The predicted molar refractivity (Wildman–Crippen MR) is 83.2 cm³/mol. The molecule has 1 amide bonds. The van der Waals surface area contributed by atoms with E-state index in [-0.39, 0.29) is 24.2 Å². The van der Waals surface area contributed by atoms with E-state index in [1.54, 1.807) is 7.11 Å². The Bertz CT molecular complexity index is 692. The number of rotatable bonds is 6. The molecule has 6 heteroatoms. The molecule has 0 heterocycles. The first-order valence-electron chi connectivity index (χ1n) is 7.22. The quantitative estimate of drug-likeness (QED) is 0.857. The predicted octanol–water partition coefficient (Wildman–Crippen LogP) is 2.24. The topological polar surface area (TPSA) is 54.9 Å². The zero-order valence-electron chi connectivity index (χ0n) is 13.0. The Kier molecular flexibility index (Phi) is 5.65. The second-order valence-electron chi connectivity index (χ2n) is 5.14. The van der Waals surface area contributed by atoms with Gasteiger partial charge in [-0.05, 0) is 31.2 Å². The summed E-state index contributed by atoms with van der Waals surface area (Å²) in [5.74, 6) is -1.09. The molecule has 0 saturated heterocycles. The van der Waals surface area contributed by atoms with Crippen LogP contribution in [0.2, 0.25) is 0 Å². The minimum Gasteiger partial charge on any atom is -0.496 e. The van der Waals surface area contributed by atoms with Gasteiger partial charge in [-0.2, -0.15) is 0 Å². The number of quaternary nitrogens is 1. The molecule has 0 aliphatic carbocycles. The number of hydrogen-bond acceptors (Lipinski definition) is 2. The summed E-state index contributed by atoms with van der Waals surface area (Å²) >= 11 is 0. The van der Waals surface area contributed by atoms with Crippen LogP contribution in [0.1, 0.15) is 18.5 Å². The normalized spacial score (nSPS) is 11.8. The second-order valence-corrected chi connectivity index (χ2v) is 5.14. The van der Waals surface area contributed by atoms with Gasteiger partial charge in [-0.25, -0.2) is 8.78 Å². The number of anilines is 1. The first-order valence-corrected chi connectivity index (χ1v) is 7.22. The Balaban J connectivity index is 1.93. The molecular weight excluding hydrogens is 302 g/mol. The fourth-order valence-corrected chi connectivity index (χ4v) is 2.25. The van der Waals surface area contributed by atoms with Gasteiger partial charge in [-0.1, -0.05) is 12.1 Å². The number of para-hydroxylation sites is 1. The third-order valence-electron chi connectivity index (χ3n) is 3.49. The number of ether oxygens (including phenoxy) is 1. The molecular formula is C17H19F2N2O2+. The van der Waals surface area contributed by atoms with Gasteiger partial charge >= 0.3 is 0 Å². The van der Waals surface area contributed by atoms with Gasteiger partial charge in [0.1, 0.15) is 23.4 Å². The van der Waals surface area contributed by atoms with Gasteiger partial charge in [0.25, 0.3) is 5.91 Å². The SMILES string of the molecule is COc1ccccc1[C@@H](C)[NH2+]CC(=O)Nc1ccc(F)cc1F. The van der Waals surface area contributed by atoms with Crippen molar-refractivity contribution in [1.82, 2.24) is 0 Å². The molecule has 3 N–H and O–H groups in total. The molecule has 2 rings (SSSR count). The monoisotopic (exact) mass is 321 g/mol. The van der Waals surface area contributed by atoms with Crippen molar-refractivity contribution in [3.05, 3.63) is 59.7 Å². The first kappa shape index (κ1) is 16.9. The summed E-state index contributed by atoms with van der Waals surface area (Å²) in [4.78, 5) is 11.9. The van der Waals surface area contributed by atoms with Crippen LogP contribution < -0.4 is 15.4 Å². The molecule has 2 aromatic carbocycles. The lowest BCUT2D eigenvalue weighted by atomic mass is 10.1. The number of carbonyl (C=O) groups is 1. The van der Waals surface area contributed by atoms with E-state index < -0.39 is 11.6 Å². The van der Waals surface area contributed by atoms with E-state index in [2.05, 4.69) is 5.32 Å². The Labute approximate surface area is 133 Å². The van der Waals surface area contributed by atoms with Crippen LogP contribution in [0, 0.1) is 11.6 Å². The number of nitrogens with two attached hydrogens (primary N) is 1. The summed E-state index contributed by atoms with van der Waals surface area (Å²) in [5, 5.41) is 4.24. The van der Waals surface area contributed by atoms with Crippen LogP contribution in [0.15, 0.2) is 42.5 Å². The lowest BCUT2D eigenvalue weighted by Crippen LogP contribution is -2.86. The number of amides is 1. The molecule has 122 valence electrons. The third kappa shape index (κ3) is 4.50. The van der Waals surface area contributed by atoms with Gasteiger partial charge in [-0.15, -0.1) is 0 Å². The number of methoxy groups -OCH3 is 1. The van der Waals surface area contributed by atoms with E-state index in [4.69, 9.17) is 4.74 Å². The van der Waals surface area contributed by atoms with E-state index in [0.717, 1.165) is 23.4 Å². The van der Waals surface area contributed by atoms with E-state index >= 15 is 0 Å². The highest BCUT2D eigenvalue weighted by Crippen LogP contribution is 2.21. The molecule has 0 aliphatic heterocycles. The van der Waals surface area contributed by atoms with Gasteiger partial charge in [0, 0.05) is 6.07 Å². The highest BCUT2D eigenvalue weighted by Gasteiger charge is 2.16. The van der Waals surface area contributed by atoms with Crippen molar-refractivity contribution in [3.63, 3.8) is 0 Å². The molecule has 0 spiro atoms. The summed E-state index contributed by atoms with van der Waals surface area (Å²) in [6.45, 7) is 2.06. The van der Waals surface area contributed by atoms with Crippen molar-refractivity contribution in [3.8, 4) is 5.75 Å². The number of carbonyl (C=O) groups excluding carboxylic acids is 1. The number of benzene rings is 2. The van der Waals surface area contributed by atoms with Crippen molar-refractivity contribution in [2.24, 2.45) is 0 Å². The molecule has 0 aliphatic rings. The number of nitrogens with one attached hydrogen (secondary N) is 1. The smallest absolute Gasteiger partial charge is 0.279 e. The van der Waals surface area contributed by atoms with Crippen molar-refractivity contribution in [2.45, 2.75) is 13.0 Å². The van der Waals surface area contributed by atoms with Crippen molar-refractivity contribution in [1.29, 1.82) is 0 Å². The lowest BCUT2D eigenvalue weighted by molar-refractivity contribution is -0.682. The van der Waals surface area contributed by atoms with Gasteiger partial charge in [0.2, 0.25) is 0 Å². The second kappa shape index (κ2) is 7.69. The molecule has 0 bridgehead atoms. The van der Waals surface area contributed by atoms with Crippen LogP contribution in [0.5, 0.6) is 5.75 Å². The van der Waals surface area contributed by atoms with Crippen LogP contribution in [-0.2, 0) is 4.79 Å². The molecule has 4 nitrogen and oxygen atoms in total. The van der Waals surface area contributed by atoms with E-state index in [1.165, 1.54) is 6.07 Å². The zero-order valence-corrected chi connectivity index (χ0v) is 13.0. The van der Waals surface area contributed by atoms with Gasteiger partial charge in [0.15, 0.2) is 6.54 Å². The van der Waals surface area contributed by atoms with Gasteiger partial charge in [0.05, 0.1) is 18.4 Å². The summed E-state index contributed by atoms with van der Waals surface area (Å²) in [5.41, 5.74) is 0.936. The largest absolute Gasteiger partial charge is 0.496 e. The van der Waals surface area contributed by atoms with Crippen LogP contribution in [0.4, 0.5) is 14.5 Å². The molecule has 2 aromatic rings. The molecule has 0 radical (unpaired) electrons. The summed E-state index contributed by atoms with van der Waals surface area (Å²) < 4.78 is 31.6. The fourth-order valence-electron chi connectivity index (χ4n) is 2.25. The van der Waals surface area contributed by atoms with Crippen LogP contribution in [-0.4, -0.2) is 19.6 Å². The molecule has 0 saturated carbocycles. The van der Waals surface area contributed by atoms with Crippen LogP contribution in [0.25, 0.3) is 0 Å². The molecule has 0 fully saturated rings. The molecule has 23 heavy (non-hydrogen) atoms. The highest BCUT2D eigenvalue weighted by atomic mass is 19.1. The van der Waals surface area contributed by atoms with Gasteiger partial charge in [-0.3, -0.25) is 4.79 Å². The highest BCUT2D eigenvalue weighted by molar-refractivity contribution is 5.91. The first-order chi connectivity index (χ1) is 11.0. The van der Waals surface area contributed by atoms with Crippen molar-refractivity contribution >= 4 is 11.6 Å². The standard InChI is InChI=1S/C17H18F2N2O2/c1-11(13-5-3-4-6-16(13)23-2)20-10-17(22)21-15-8-7-12(18)9-14(15)19/h3-9,11,20H,10H2,1-2H3,(H,21,22)/p+1/t11-/m1/s1. The van der Waals surface area contributed by atoms with Gasteiger partial charge < -0.3 is 15.4 Å². The third-order valence-corrected chi connectivity index (χ3v) is 3.49. The summed E-state index contributed by atoms with van der Waals surface area (Å²) in [6.07, 6.45) is 0. The van der Waals surface area contributed by atoms with E-state index in [1.807, 2.05) is 36.5 Å². The van der Waals surface area contributed by atoms with Crippen molar-refractivity contribution in [2.75, 3.05) is 19.0 Å². The molecule has 1 atom stereocenters. The maximum atomic E-state index is 13.5. The summed E-state index contributed by atoms with van der Waals surface area (Å²) in [7, 11) is 1.59. The van der Waals surface area contributed by atoms with E-state index in [0.29, 0.717) is 0 Å². The maximum Gasteiger partial charge on any atom is 0.279 e. The lowest BCUT2D eigenvalue weighted by Gasteiger charge is -2.14. The maximum absolute atomic E-state index is 13.5. The Morgan fingerprint density at radius 3 is 2.70 bits per heavy atom. The van der Waals surface area contributed by atoms with Crippen LogP contribution >= 0.6 is 0 Å². The number of halogens is 2. The molecule has 0 unspecified atom stereocenters. The Morgan fingerprint density at radius 2 is 2.00 bits per heavy atom. The Hall–Kier alpha value is -2.47. The minimum absolute atomic E-state index is 0.00466. The Morgan fingerprint density at radius 1 is 1.26 bits per heavy atom. The van der Waals surface area contributed by atoms with Crippen LogP contribution in [0.3, 0.4) is 0 Å². The molecule has 0 aromatic heterocycles. The number of hydrogen-bond donors (Lipinski definition) is 2. The fraction of sp³-hybridized carbons (Fsp3) is 0.235. The van der Waals surface area contributed by atoms with E-state index in [9.17, 15) is 13.6 Å².